The smallest absolute Gasteiger partial charge is 0.137 e. The standard InChI is InChI=1S/C12H13ClO/c1-2-3-7-11(14)9-10-6-4-5-8-12(10)13/h2,4-6,8H,1,3,7,9H2. The molecule has 0 aromatic heterocycles. The van der Waals surface area contributed by atoms with Gasteiger partial charge in [0.25, 0.3) is 0 Å². The summed E-state index contributed by atoms with van der Waals surface area (Å²) >= 11 is 5.93. The third-order valence-electron chi connectivity index (χ3n) is 1.97. The van der Waals surface area contributed by atoms with Crippen molar-refractivity contribution in [3.8, 4) is 0 Å². The van der Waals surface area contributed by atoms with E-state index in [1.807, 2.05) is 18.2 Å². The molecule has 1 aromatic carbocycles. The van der Waals surface area contributed by atoms with Crippen LogP contribution in [0.4, 0.5) is 0 Å². The van der Waals surface area contributed by atoms with Gasteiger partial charge in [0.05, 0.1) is 0 Å². The molecule has 0 aliphatic rings. The molecule has 0 spiro atoms. The average molecular weight is 209 g/mol. The van der Waals surface area contributed by atoms with Crippen molar-refractivity contribution >= 4 is 17.4 Å². The molecule has 2 heteroatoms. The number of carbonyl (C=O) groups is 1. The lowest BCUT2D eigenvalue weighted by Crippen LogP contribution is -2.02. The normalized spacial score (nSPS) is 9.79. The van der Waals surface area contributed by atoms with Crippen LogP contribution in [0, 0.1) is 0 Å². The molecule has 1 aromatic rings. The average Bonchev–Trinajstić information content (AvgIpc) is 2.18. The number of halogens is 1. The first-order valence-electron chi connectivity index (χ1n) is 4.60. The van der Waals surface area contributed by atoms with Gasteiger partial charge in [-0.1, -0.05) is 35.9 Å². The van der Waals surface area contributed by atoms with Crippen molar-refractivity contribution in [3.05, 3.63) is 47.5 Å². The first kappa shape index (κ1) is 11.0. The van der Waals surface area contributed by atoms with Gasteiger partial charge in [-0.3, -0.25) is 4.79 Å². The maximum Gasteiger partial charge on any atom is 0.137 e. The van der Waals surface area contributed by atoms with E-state index in [2.05, 4.69) is 6.58 Å². The predicted molar refractivity (Wildman–Crippen MR) is 59.6 cm³/mol. The van der Waals surface area contributed by atoms with E-state index >= 15 is 0 Å². The molecule has 1 rings (SSSR count). The molecule has 0 radical (unpaired) electrons. The molecule has 0 aliphatic carbocycles. The van der Waals surface area contributed by atoms with Crippen molar-refractivity contribution in [2.75, 3.05) is 0 Å². The summed E-state index contributed by atoms with van der Waals surface area (Å²) in [6.45, 7) is 3.58. The Labute approximate surface area is 89.4 Å². The van der Waals surface area contributed by atoms with Gasteiger partial charge < -0.3 is 0 Å². The van der Waals surface area contributed by atoms with Crippen LogP contribution in [0.25, 0.3) is 0 Å². The van der Waals surface area contributed by atoms with E-state index in [4.69, 9.17) is 11.6 Å². The Balaban J connectivity index is 2.56. The van der Waals surface area contributed by atoms with Crippen LogP contribution in [0.1, 0.15) is 18.4 Å². The molecule has 0 fully saturated rings. The van der Waals surface area contributed by atoms with Crippen molar-refractivity contribution in [2.24, 2.45) is 0 Å². The van der Waals surface area contributed by atoms with Crippen LogP contribution in [0.3, 0.4) is 0 Å². The van der Waals surface area contributed by atoms with Crippen molar-refractivity contribution in [2.45, 2.75) is 19.3 Å². The number of ketones is 1. The molecule has 74 valence electrons. The number of carbonyl (C=O) groups excluding carboxylic acids is 1. The summed E-state index contributed by atoms with van der Waals surface area (Å²) in [4.78, 5) is 11.4. The molecule has 0 unspecified atom stereocenters. The van der Waals surface area contributed by atoms with E-state index in [9.17, 15) is 4.79 Å². The Morgan fingerprint density at radius 1 is 1.43 bits per heavy atom. The fraction of sp³-hybridized carbons (Fsp3) is 0.250. The Bertz CT molecular complexity index is 331. The summed E-state index contributed by atoms with van der Waals surface area (Å²) in [6.07, 6.45) is 3.47. The number of benzene rings is 1. The summed E-state index contributed by atoms with van der Waals surface area (Å²) in [5.41, 5.74) is 0.906. The van der Waals surface area contributed by atoms with Crippen LogP contribution in [0.5, 0.6) is 0 Å². The second-order valence-electron chi connectivity index (χ2n) is 3.13. The van der Waals surface area contributed by atoms with Crippen LogP contribution < -0.4 is 0 Å². The van der Waals surface area contributed by atoms with Gasteiger partial charge in [-0.15, -0.1) is 6.58 Å². The van der Waals surface area contributed by atoms with E-state index in [0.717, 1.165) is 12.0 Å². The van der Waals surface area contributed by atoms with E-state index in [1.54, 1.807) is 12.1 Å². The highest BCUT2D eigenvalue weighted by atomic mass is 35.5. The quantitative estimate of drug-likeness (QED) is 0.678. The van der Waals surface area contributed by atoms with E-state index in [1.165, 1.54) is 0 Å². The van der Waals surface area contributed by atoms with Crippen LogP contribution in [0.2, 0.25) is 5.02 Å². The zero-order chi connectivity index (χ0) is 10.4. The zero-order valence-corrected chi connectivity index (χ0v) is 8.76. The third kappa shape index (κ3) is 3.35. The zero-order valence-electron chi connectivity index (χ0n) is 8.00. The summed E-state index contributed by atoms with van der Waals surface area (Å²) in [7, 11) is 0. The minimum absolute atomic E-state index is 0.206. The van der Waals surface area contributed by atoms with Crippen LogP contribution in [-0.4, -0.2) is 5.78 Å². The molecule has 0 N–H and O–H groups in total. The highest BCUT2D eigenvalue weighted by Crippen LogP contribution is 2.16. The fourth-order valence-electron chi connectivity index (χ4n) is 1.21. The van der Waals surface area contributed by atoms with Crippen LogP contribution in [-0.2, 0) is 11.2 Å². The molecule has 0 saturated heterocycles. The Morgan fingerprint density at radius 3 is 2.79 bits per heavy atom. The predicted octanol–water partition coefficient (Wildman–Crippen LogP) is 3.42. The lowest BCUT2D eigenvalue weighted by molar-refractivity contribution is -0.118. The Hall–Kier alpha value is -1.08. The number of hydrogen-bond donors (Lipinski definition) is 0. The van der Waals surface area contributed by atoms with Crippen molar-refractivity contribution < 1.29 is 4.79 Å². The van der Waals surface area contributed by atoms with Crippen LogP contribution >= 0.6 is 11.6 Å². The summed E-state index contributed by atoms with van der Waals surface area (Å²) < 4.78 is 0. The molecule has 0 bridgehead atoms. The lowest BCUT2D eigenvalue weighted by atomic mass is 10.1. The molecule has 0 amide bonds. The molecule has 14 heavy (non-hydrogen) atoms. The van der Waals surface area contributed by atoms with Gasteiger partial charge in [0.1, 0.15) is 5.78 Å². The van der Waals surface area contributed by atoms with Gasteiger partial charge in [0.2, 0.25) is 0 Å². The van der Waals surface area contributed by atoms with Gasteiger partial charge in [0.15, 0.2) is 0 Å². The van der Waals surface area contributed by atoms with Gasteiger partial charge in [0, 0.05) is 17.9 Å². The Morgan fingerprint density at radius 2 is 2.14 bits per heavy atom. The lowest BCUT2D eigenvalue weighted by Gasteiger charge is -2.01. The van der Waals surface area contributed by atoms with Gasteiger partial charge in [-0.25, -0.2) is 0 Å². The van der Waals surface area contributed by atoms with E-state index < -0.39 is 0 Å². The monoisotopic (exact) mass is 208 g/mol. The van der Waals surface area contributed by atoms with Crippen LogP contribution in [0.15, 0.2) is 36.9 Å². The minimum atomic E-state index is 0.206. The molecular weight excluding hydrogens is 196 g/mol. The Kier molecular flexibility index (Phi) is 4.41. The topological polar surface area (TPSA) is 17.1 Å². The number of allylic oxidation sites excluding steroid dienone is 1. The van der Waals surface area contributed by atoms with E-state index in [-0.39, 0.29) is 5.78 Å². The van der Waals surface area contributed by atoms with Gasteiger partial charge in [-0.2, -0.15) is 0 Å². The second kappa shape index (κ2) is 5.61. The minimum Gasteiger partial charge on any atom is -0.299 e. The molecule has 0 saturated carbocycles. The molecule has 1 nitrogen and oxygen atoms in total. The first-order valence-corrected chi connectivity index (χ1v) is 4.98. The third-order valence-corrected chi connectivity index (χ3v) is 2.34. The largest absolute Gasteiger partial charge is 0.299 e. The number of hydrogen-bond acceptors (Lipinski definition) is 1. The van der Waals surface area contributed by atoms with Gasteiger partial charge in [-0.05, 0) is 18.1 Å². The van der Waals surface area contributed by atoms with Gasteiger partial charge >= 0.3 is 0 Å². The molecular formula is C12H13ClO. The summed E-state index contributed by atoms with van der Waals surface area (Å²) in [5.74, 6) is 0.206. The highest BCUT2D eigenvalue weighted by Gasteiger charge is 2.05. The molecule has 0 aliphatic heterocycles. The fourth-order valence-corrected chi connectivity index (χ4v) is 1.41. The number of rotatable bonds is 5. The number of Topliss-reactive ketones (excluding diaryl/α,β-unsaturated/α-hetero) is 1. The maximum atomic E-state index is 11.4. The van der Waals surface area contributed by atoms with Crippen molar-refractivity contribution in [3.63, 3.8) is 0 Å². The van der Waals surface area contributed by atoms with E-state index in [0.29, 0.717) is 17.9 Å². The summed E-state index contributed by atoms with van der Waals surface area (Å²) in [6, 6.07) is 7.44. The first-order chi connectivity index (χ1) is 6.74. The molecule has 0 atom stereocenters. The maximum absolute atomic E-state index is 11.4. The SMILES string of the molecule is C=CCCC(=O)Cc1ccccc1Cl. The van der Waals surface area contributed by atoms with Crippen molar-refractivity contribution in [1.82, 2.24) is 0 Å². The molecule has 0 heterocycles. The second-order valence-corrected chi connectivity index (χ2v) is 3.54. The van der Waals surface area contributed by atoms with Crippen molar-refractivity contribution in [1.29, 1.82) is 0 Å². The summed E-state index contributed by atoms with van der Waals surface area (Å²) in [5, 5.41) is 0.666. The highest BCUT2D eigenvalue weighted by molar-refractivity contribution is 6.31.